The minimum absolute atomic E-state index is 0. The van der Waals surface area contributed by atoms with Crippen molar-refractivity contribution in [1.29, 1.82) is 0 Å². The predicted octanol–water partition coefficient (Wildman–Crippen LogP) is 20.8. The number of Topliss-reactive ketones (excluding diaryl/α,β-unsaturated/α-hetero) is 6. The molecular formula is C117H170N6O18. The summed E-state index contributed by atoms with van der Waals surface area (Å²) in [7, 11) is -10.7. The first kappa shape index (κ1) is 49.7. The fraction of sp³-hybridized carbons (Fsp3) is 0.641. The zero-order valence-electron chi connectivity index (χ0n) is 150. The molecule has 12 aliphatic rings. The van der Waals surface area contributed by atoms with Crippen molar-refractivity contribution in [2.45, 2.75) is 254 Å². The van der Waals surface area contributed by atoms with Crippen LogP contribution >= 0.6 is 0 Å². The second kappa shape index (κ2) is 50.0. The van der Waals surface area contributed by atoms with Crippen molar-refractivity contribution in [2.75, 3.05) is 163 Å². The molecule has 18 rings (SSSR count). The van der Waals surface area contributed by atoms with Crippen molar-refractivity contribution in [2.24, 2.45) is 70.9 Å². The molecular weight excluding hydrogens is 1780 g/mol. The molecule has 12 heterocycles. The van der Waals surface area contributed by atoms with E-state index in [1.54, 1.807) is 28.5 Å². The van der Waals surface area contributed by atoms with E-state index in [-0.39, 0.29) is 242 Å². The SMILES string of the molecule is [2HH].[2H]c1c2c(c([2H])c(OC([2H])([2H])[2H])c1OC)C1CC(=O)C(C([2H])([2H])C([2H])(C([2H])([2H])[2H])C([2H])([2H])C)C([2H])([2H])N1CC2.[2H]c1c2c(c([2H])c(OC([2H])([2H])[2H])c1OC)C1CC(=O)C(C([2H])([2H])C([2H])(C([2H])([2H])[2H])C([2H])([2H])C)CN1CC2.[2H]c1c2c(c([2H])c(OC([2H])([2H])[2H])c1OC)C1CC(=O)C(CC(C)C)C([2H])([2H])N1CC2.[2H]c1c2c(c([2H])c(OC([2H])([2H])[2H])c1OC)C1N(CC2)C([2H])([2H])C([2H])(CC(C)C)C(=O)C1([2H])[2H].[2H]c1c2c(c([2H])c(OC([2H])([2H])[2H])c1OC)C1N(CC2)CC([2H])(C([2H])([2H])C([2H])(C([2H])([2H])[2H])C([2H])([2H])C)C(=O)C1([2H])[2H].[2H]c1c2c(c([2H])c(OC([2H])([2H])[2H])c1OC)C1N(CC2)CC([2H])(CC(C)C)C(=O)C1([2H])[2H]. The molecule has 12 aliphatic heterocycles. The Morgan fingerprint density at radius 1 is 0.319 bits per heavy atom. The lowest BCUT2D eigenvalue weighted by molar-refractivity contribution is -0.130. The van der Waals surface area contributed by atoms with Gasteiger partial charge in [0.05, 0.1) is 126 Å². The van der Waals surface area contributed by atoms with E-state index < -0.39 is 342 Å². The number of rotatable bonds is 27. The van der Waals surface area contributed by atoms with Gasteiger partial charge < -0.3 is 56.8 Å². The first-order chi connectivity index (χ1) is 94.5. The zero-order chi connectivity index (χ0) is 161. The third kappa shape index (κ3) is 25.6. The zero-order valence-corrected chi connectivity index (χ0v) is 81.3. The molecule has 0 aliphatic carbocycles. The average molecular weight is 2020 g/mol. The van der Waals surface area contributed by atoms with Gasteiger partial charge in [0.2, 0.25) is 0 Å². The third-order valence-corrected chi connectivity index (χ3v) is 25.5. The molecule has 0 N–H and O–H groups in total. The average Bonchev–Trinajstić information content (AvgIpc) is 0.677. The van der Waals surface area contributed by atoms with Crippen molar-refractivity contribution in [3.8, 4) is 69.0 Å². The van der Waals surface area contributed by atoms with Crippen LogP contribution in [-0.4, -0.2) is 227 Å². The van der Waals surface area contributed by atoms with Crippen molar-refractivity contribution >= 4 is 34.7 Å². The minimum atomic E-state index is -3.78. The van der Waals surface area contributed by atoms with E-state index in [0.717, 1.165) is 35.8 Å². The Balaban J connectivity index is 0.000000216. The quantitative estimate of drug-likeness (QED) is 0.0466. The first-order valence-electron chi connectivity index (χ1n) is 80.6. The van der Waals surface area contributed by atoms with Crippen LogP contribution in [0, 0.1) is 70.9 Å². The molecule has 0 saturated carbocycles. The van der Waals surface area contributed by atoms with Crippen LogP contribution in [0.1, 0.15) is 378 Å². The summed E-state index contributed by atoms with van der Waals surface area (Å²) in [4.78, 5) is 88.1. The van der Waals surface area contributed by atoms with Crippen LogP contribution in [0.15, 0.2) is 72.5 Å². The van der Waals surface area contributed by atoms with Gasteiger partial charge >= 0.3 is 0 Å². The highest BCUT2D eigenvalue weighted by Gasteiger charge is 2.47. The van der Waals surface area contributed by atoms with E-state index in [0.29, 0.717) is 56.5 Å². The Morgan fingerprint density at radius 2 is 0.574 bits per heavy atom. The number of nitrogens with zero attached hydrogens (tertiary/aromatic N) is 6. The number of carbonyl (C=O) groups is 6. The monoisotopic (exact) mass is 2020 g/mol. The highest BCUT2D eigenvalue weighted by molar-refractivity contribution is 5.86. The third-order valence-electron chi connectivity index (χ3n) is 25.5. The Morgan fingerprint density at radius 3 is 0.908 bits per heavy atom. The van der Waals surface area contributed by atoms with Gasteiger partial charge in [0.15, 0.2) is 69.0 Å². The summed E-state index contributed by atoms with van der Waals surface area (Å²) >= 11 is 0. The number of ketones is 6. The summed E-state index contributed by atoms with van der Waals surface area (Å²) in [6, 6.07) is -11.9. The summed E-state index contributed by atoms with van der Waals surface area (Å²) in [5.74, 6) is -33.6. The molecule has 6 aromatic rings. The fourth-order valence-corrected chi connectivity index (χ4v) is 18.7. The van der Waals surface area contributed by atoms with Crippen molar-refractivity contribution < 1.29 is 182 Å². The summed E-state index contributed by atoms with van der Waals surface area (Å²) in [5.41, 5.74) is 1.47. The van der Waals surface area contributed by atoms with Gasteiger partial charge in [0, 0.05) is 243 Å². The summed E-state index contributed by atoms with van der Waals surface area (Å²) < 4.78 is 623. The summed E-state index contributed by atoms with van der Waals surface area (Å²) in [6.45, 7) is -6.00. The fourth-order valence-electron chi connectivity index (χ4n) is 18.7. The molecule has 24 nitrogen and oxygen atoms in total. The number of fused-ring (bicyclic) bond motifs is 18. The lowest BCUT2D eigenvalue weighted by atomic mass is 9.79. The van der Waals surface area contributed by atoms with Crippen LogP contribution in [0.2, 0.25) is 0 Å². The number of hydrogen-bond donors (Lipinski definition) is 0. The number of piperidine rings is 6. The highest BCUT2D eigenvalue weighted by Crippen LogP contribution is 2.51. The molecule has 15 atom stereocenters. The molecule has 141 heavy (non-hydrogen) atoms. The van der Waals surface area contributed by atoms with Gasteiger partial charge in [0.25, 0.3) is 0 Å². The number of hydrogen-bond acceptors (Lipinski definition) is 24. The molecule has 776 valence electrons. The molecule has 0 radical (unpaired) electrons. The molecule has 6 fully saturated rings. The number of carbonyl (C=O) groups excluding carboxylic acids is 6. The molecule has 0 bridgehead atoms. The van der Waals surface area contributed by atoms with Gasteiger partial charge in [-0.1, -0.05) is 102 Å². The van der Waals surface area contributed by atoms with E-state index >= 15 is 0 Å². The van der Waals surface area contributed by atoms with E-state index in [4.69, 9.17) is 151 Å². The lowest BCUT2D eigenvalue weighted by Crippen LogP contribution is -2.46. The smallest absolute Gasteiger partial charge is 0.161 e. The largest absolute Gasteiger partial charge is 0.493 e. The van der Waals surface area contributed by atoms with Crippen molar-refractivity contribution in [3.05, 3.63) is 139 Å². The molecule has 6 saturated heterocycles. The predicted molar refractivity (Wildman–Crippen MR) is 557 cm³/mol. The lowest BCUT2D eigenvalue weighted by Gasteiger charge is -2.43. The van der Waals surface area contributed by atoms with Crippen LogP contribution in [0.4, 0.5) is 0 Å². The van der Waals surface area contributed by atoms with Gasteiger partial charge in [0.1, 0.15) is 34.7 Å². The Hall–Kier alpha value is -9.30. The van der Waals surface area contributed by atoms with Crippen LogP contribution in [0.5, 0.6) is 69.0 Å². The number of benzene rings is 6. The van der Waals surface area contributed by atoms with Crippen LogP contribution < -0.4 is 56.8 Å². The van der Waals surface area contributed by atoms with E-state index in [1.807, 2.05) is 27.7 Å². The van der Waals surface area contributed by atoms with Crippen LogP contribution in [-0.2, 0) is 67.3 Å². The summed E-state index contributed by atoms with van der Waals surface area (Å²) in [6.07, 6.45) is -28.0. The Labute approximate surface area is 941 Å². The standard InChI is InChI=1S/3C20H29NO3.3C19H27NO3.H2/c3*1-5-13(2)8-15-12-21-7-6-14-9-19(23-3)20(24-4)10-16(14)17(21)11-18(15)22;3*1-12(2)7-14-11-20-6-5-13-8-18(22-3)19(23-4)9-15(13)16(20)10-17(14)21;/h3*9-10,13,15,17H,5-8,11-12H2,1-4H3;3*8-9,12,14,16H,5-7,10-11H2,1-4H3;1H/i2D3,4D3,5D2,8D2,9D,10D,11D2,13D,15D;2D3,4D3,5D2,8D2,9D,10D,12D2,13D;2D3,4D3,5D2,8D2,9D,10D,13D;4D3,8D,9D,10D2,11D2,14D;4D3,8D,9D,10D2,14D;4D3,8D,9D,11D2;1+1. The van der Waals surface area contributed by atoms with Gasteiger partial charge in [-0.05, 0) is 252 Å². The first-order valence-corrected chi connectivity index (χ1v) is 46.1. The Kier molecular flexibility index (Phi) is 17.6. The van der Waals surface area contributed by atoms with Gasteiger partial charge in [-0.3, -0.25) is 58.2 Å². The van der Waals surface area contributed by atoms with Crippen molar-refractivity contribution in [1.82, 2.24) is 29.4 Å². The maximum atomic E-state index is 13.7. The second-order valence-electron chi connectivity index (χ2n) is 35.9. The highest BCUT2D eigenvalue weighted by atomic mass is 16.5. The number of ether oxygens (including phenoxy) is 12. The maximum Gasteiger partial charge on any atom is 0.161 e. The van der Waals surface area contributed by atoms with Gasteiger partial charge in [-0.15, -0.1) is 0 Å². The molecule has 0 spiro atoms. The van der Waals surface area contributed by atoms with Gasteiger partial charge in [-0.2, -0.15) is 0 Å². The molecule has 0 amide bonds. The topological polar surface area (TPSA) is 233 Å². The van der Waals surface area contributed by atoms with Crippen LogP contribution in [0.25, 0.3) is 0 Å². The second-order valence-corrected chi connectivity index (χ2v) is 35.9. The van der Waals surface area contributed by atoms with Crippen molar-refractivity contribution in [3.63, 3.8) is 0 Å². The molecule has 6 aromatic carbocycles. The summed E-state index contributed by atoms with van der Waals surface area (Å²) in [5, 5.41) is 0. The number of methoxy groups -OCH3 is 12. The van der Waals surface area contributed by atoms with E-state index in [1.165, 1.54) is 28.4 Å². The maximum absolute atomic E-state index is 13.7. The van der Waals surface area contributed by atoms with Gasteiger partial charge in [-0.25, -0.2) is 0 Å². The molecule has 0 aromatic heterocycles. The molecule has 24 heteroatoms. The molecule has 15 unspecified atom stereocenters. The minimum Gasteiger partial charge on any atom is -0.493 e. The van der Waals surface area contributed by atoms with E-state index in [2.05, 4.69) is 0 Å². The van der Waals surface area contributed by atoms with Crippen LogP contribution in [0.3, 0.4) is 0 Å². The normalized spacial score (nSPS) is 37.6. The Bertz CT molecular complexity index is 8640. The van der Waals surface area contributed by atoms with E-state index in [9.17, 15) is 28.8 Å².